The van der Waals surface area contributed by atoms with E-state index in [1.165, 1.54) is 18.2 Å². The summed E-state index contributed by atoms with van der Waals surface area (Å²) in [6, 6.07) is 18.8. The summed E-state index contributed by atoms with van der Waals surface area (Å²) in [6.45, 7) is 0.184. The summed E-state index contributed by atoms with van der Waals surface area (Å²) in [5.74, 6) is -1.54. The lowest BCUT2D eigenvalue weighted by Gasteiger charge is -2.14. The van der Waals surface area contributed by atoms with E-state index in [2.05, 4.69) is 10.0 Å². The highest BCUT2D eigenvalue weighted by Crippen LogP contribution is 2.29. The van der Waals surface area contributed by atoms with Crippen LogP contribution in [0, 0.1) is 0 Å². The number of sulfonamides is 1. The Morgan fingerprint density at radius 1 is 1.00 bits per heavy atom. The van der Waals surface area contributed by atoms with E-state index in [9.17, 15) is 23.1 Å². The van der Waals surface area contributed by atoms with Gasteiger partial charge in [0.2, 0.25) is 10.0 Å². The summed E-state index contributed by atoms with van der Waals surface area (Å²) >= 11 is 6.32. The number of hydrogen-bond acceptors (Lipinski definition) is 4. The fourth-order valence-electron chi connectivity index (χ4n) is 3.23. The second kappa shape index (κ2) is 9.84. The highest BCUT2D eigenvalue weighted by molar-refractivity contribution is 7.92. The Morgan fingerprint density at radius 3 is 2.38 bits per heavy atom. The van der Waals surface area contributed by atoms with Crippen molar-refractivity contribution in [2.75, 3.05) is 17.5 Å². The summed E-state index contributed by atoms with van der Waals surface area (Å²) < 4.78 is 25.7. The summed E-state index contributed by atoms with van der Waals surface area (Å²) in [4.78, 5) is 24.1. The molecule has 0 saturated carbocycles. The Kier molecular flexibility index (Phi) is 7.17. The zero-order valence-corrected chi connectivity index (χ0v) is 18.7. The maximum Gasteiger partial charge on any atom is 0.335 e. The molecule has 0 fully saturated rings. The van der Waals surface area contributed by atoms with Gasteiger partial charge in [-0.25, -0.2) is 13.2 Å². The SMILES string of the molecule is CS(=O)(=O)Nc1cc(C(=O)O)ccc1CCNC(=O)c1c(Cl)cccc1-c1ccccc1. The lowest BCUT2D eigenvalue weighted by atomic mass is 9.99. The molecule has 3 rings (SSSR count). The van der Waals surface area contributed by atoms with Gasteiger partial charge < -0.3 is 10.4 Å². The van der Waals surface area contributed by atoms with E-state index >= 15 is 0 Å². The number of carbonyl (C=O) groups excluding carboxylic acids is 1. The molecule has 0 radical (unpaired) electrons. The molecule has 0 saturated heterocycles. The minimum Gasteiger partial charge on any atom is -0.478 e. The highest BCUT2D eigenvalue weighted by Gasteiger charge is 2.17. The highest BCUT2D eigenvalue weighted by atomic mass is 35.5. The van der Waals surface area contributed by atoms with Gasteiger partial charge >= 0.3 is 5.97 Å². The molecule has 0 spiro atoms. The monoisotopic (exact) mass is 472 g/mol. The zero-order valence-electron chi connectivity index (χ0n) is 17.1. The van der Waals surface area contributed by atoms with E-state index < -0.39 is 16.0 Å². The molecule has 1 amide bonds. The lowest BCUT2D eigenvalue weighted by molar-refractivity contribution is 0.0696. The summed E-state index contributed by atoms with van der Waals surface area (Å²) in [5, 5.41) is 12.3. The van der Waals surface area contributed by atoms with Crippen LogP contribution in [0.5, 0.6) is 0 Å². The van der Waals surface area contributed by atoms with Crippen LogP contribution in [0.3, 0.4) is 0 Å². The molecule has 3 aromatic carbocycles. The van der Waals surface area contributed by atoms with Crippen LogP contribution in [0.4, 0.5) is 5.69 Å². The predicted octanol–water partition coefficient (Wildman–Crippen LogP) is 4.05. The van der Waals surface area contributed by atoms with Crippen molar-refractivity contribution in [3.63, 3.8) is 0 Å². The van der Waals surface area contributed by atoms with Crippen molar-refractivity contribution < 1.29 is 23.1 Å². The molecule has 0 atom stereocenters. The molecule has 166 valence electrons. The molecule has 0 aromatic heterocycles. The van der Waals surface area contributed by atoms with Crippen molar-refractivity contribution in [3.8, 4) is 11.1 Å². The van der Waals surface area contributed by atoms with Crippen molar-refractivity contribution >= 4 is 39.2 Å². The van der Waals surface area contributed by atoms with E-state index in [4.69, 9.17) is 11.6 Å². The first kappa shape index (κ1) is 23.3. The normalized spacial score (nSPS) is 11.1. The van der Waals surface area contributed by atoms with Gasteiger partial charge in [0.25, 0.3) is 5.91 Å². The molecular weight excluding hydrogens is 452 g/mol. The topological polar surface area (TPSA) is 113 Å². The van der Waals surface area contributed by atoms with Gasteiger partial charge in [0.15, 0.2) is 0 Å². The van der Waals surface area contributed by atoms with Gasteiger partial charge in [0.05, 0.1) is 28.1 Å². The van der Waals surface area contributed by atoms with Crippen LogP contribution in [-0.4, -0.2) is 38.2 Å². The molecule has 0 heterocycles. The maximum atomic E-state index is 12.9. The van der Waals surface area contributed by atoms with Gasteiger partial charge in [-0.3, -0.25) is 9.52 Å². The first-order chi connectivity index (χ1) is 15.2. The standard InChI is InChI=1S/C23H21ClN2O5S/c1-32(30,31)26-20-14-17(23(28)29)11-10-16(20)12-13-25-22(27)21-18(8-5-9-19(21)24)15-6-3-2-4-7-15/h2-11,14,26H,12-13H2,1H3,(H,25,27)(H,28,29). The van der Waals surface area contributed by atoms with Gasteiger partial charge in [0.1, 0.15) is 0 Å². The van der Waals surface area contributed by atoms with Crippen molar-refractivity contribution in [1.82, 2.24) is 5.32 Å². The van der Waals surface area contributed by atoms with E-state index in [0.29, 0.717) is 21.7 Å². The number of aromatic carboxylic acids is 1. The number of carboxylic acids is 1. The molecule has 0 unspecified atom stereocenters. The Labute approximate surface area is 191 Å². The molecule has 0 bridgehead atoms. The third kappa shape index (κ3) is 5.87. The predicted molar refractivity (Wildman–Crippen MR) is 125 cm³/mol. The second-order valence-corrected chi connectivity index (χ2v) is 9.24. The minimum atomic E-state index is -3.62. The number of benzene rings is 3. The molecule has 3 aromatic rings. The Bertz CT molecular complexity index is 1260. The molecule has 3 N–H and O–H groups in total. The second-order valence-electron chi connectivity index (χ2n) is 7.09. The smallest absolute Gasteiger partial charge is 0.335 e. The Balaban J connectivity index is 1.79. The minimum absolute atomic E-state index is 0.0486. The third-order valence-electron chi connectivity index (χ3n) is 4.66. The van der Waals surface area contributed by atoms with Crippen LogP contribution >= 0.6 is 11.6 Å². The van der Waals surface area contributed by atoms with E-state index in [0.717, 1.165) is 11.8 Å². The van der Waals surface area contributed by atoms with Gasteiger partial charge in [-0.05, 0) is 41.3 Å². The summed E-state index contributed by atoms with van der Waals surface area (Å²) in [6.07, 6.45) is 1.25. The summed E-state index contributed by atoms with van der Waals surface area (Å²) in [5.41, 5.74) is 2.54. The number of hydrogen-bond donors (Lipinski definition) is 3. The quantitative estimate of drug-likeness (QED) is 0.458. The fraction of sp³-hybridized carbons (Fsp3) is 0.130. The van der Waals surface area contributed by atoms with E-state index in [-0.39, 0.29) is 30.1 Å². The Hall–Kier alpha value is -3.36. The molecule has 0 aliphatic heterocycles. The van der Waals surface area contributed by atoms with Crippen LogP contribution in [0.25, 0.3) is 11.1 Å². The van der Waals surface area contributed by atoms with Crippen LogP contribution in [0.15, 0.2) is 66.7 Å². The number of amides is 1. The first-order valence-electron chi connectivity index (χ1n) is 9.62. The van der Waals surface area contributed by atoms with Crippen LogP contribution in [0.1, 0.15) is 26.3 Å². The molecule has 7 nitrogen and oxygen atoms in total. The van der Waals surface area contributed by atoms with Crippen molar-refractivity contribution in [2.24, 2.45) is 0 Å². The Morgan fingerprint density at radius 2 is 1.72 bits per heavy atom. The average Bonchev–Trinajstić information content (AvgIpc) is 2.73. The number of halogens is 1. The number of anilines is 1. The number of nitrogens with one attached hydrogen (secondary N) is 2. The average molecular weight is 473 g/mol. The van der Waals surface area contributed by atoms with Crippen molar-refractivity contribution in [2.45, 2.75) is 6.42 Å². The fourth-order valence-corrected chi connectivity index (χ4v) is 4.08. The molecule has 32 heavy (non-hydrogen) atoms. The number of carboxylic acid groups (broad SMARTS) is 1. The van der Waals surface area contributed by atoms with Gasteiger partial charge in [-0.1, -0.05) is 60.1 Å². The third-order valence-corrected chi connectivity index (χ3v) is 5.56. The van der Waals surface area contributed by atoms with Crippen LogP contribution in [-0.2, 0) is 16.4 Å². The van der Waals surface area contributed by atoms with Gasteiger partial charge in [-0.15, -0.1) is 0 Å². The van der Waals surface area contributed by atoms with Gasteiger partial charge in [-0.2, -0.15) is 0 Å². The van der Waals surface area contributed by atoms with Gasteiger partial charge in [0, 0.05) is 6.54 Å². The molecular formula is C23H21ClN2O5S. The first-order valence-corrected chi connectivity index (χ1v) is 11.9. The van der Waals surface area contributed by atoms with Crippen molar-refractivity contribution in [3.05, 3.63) is 88.4 Å². The maximum absolute atomic E-state index is 12.9. The van der Waals surface area contributed by atoms with Crippen LogP contribution < -0.4 is 10.0 Å². The largest absolute Gasteiger partial charge is 0.478 e. The number of rotatable bonds is 8. The summed E-state index contributed by atoms with van der Waals surface area (Å²) in [7, 11) is -3.62. The van der Waals surface area contributed by atoms with Crippen molar-refractivity contribution in [1.29, 1.82) is 0 Å². The molecule has 0 aliphatic carbocycles. The lowest BCUT2D eigenvalue weighted by Crippen LogP contribution is -2.27. The van der Waals surface area contributed by atoms with E-state index in [1.807, 2.05) is 36.4 Å². The van der Waals surface area contributed by atoms with E-state index in [1.54, 1.807) is 12.1 Å². The zero-order chi connectivity index (χ0) is 23.3. The van der Waals surface area contributed by atoms with Crippen LogP contribution in [0.2, 0.25) is 5.02 Å². The molecule has 0 aliphatic rings. The number of carbonyl (C=O) groups is 2. The molecule has 9 heteroatoms.